The summed E-state index contributed by atoms with van der Waals surface area (Å²) in [6, 6.07) is 14.1. The second kappa shape index (κ2) is 3.96. The number of aromatic amines is 1. The highest BCUT2D eigenvalue weighted by Gasteiger charge is 2.16. The van der Waals surface area contributed by atoms with Gasteiger partial charge in [-0.2, -0.15) is 0 Å². The third-order valence-corrected chi connectivity index (χ3v) is 2.75. The lowest BCUT2D eigenvalue weighted by Crippen LogP contribution is -1.92. The number of hydrogen-bond acceptors (Lipinski definition) is 3. The number of nitrogens with one attached hydrogen (secondary N) is 1. The maximum absolute atomic E-state index is 11.0. The quantitative estimate of drug-likeness (QED) is 0.551. The summed E-state index contributed by atoms with van der Waals surface area (Å²) >= 11 is 0. The third kappa shape index (κ3) is 1.62. The largest absolute Gasteiger partial charge is 0.338 e. The minimum atomic E-state index is -0.400. The Balaban J connectivity index is 2.23. The van der Waals surface area contributed by atoms with Crippen molar-refractivity contribution < 1.29 is 4.92 Å². The lowest BCUT2D eigenvalue weighted by atomic mass is 10.2. The number of hydrogen-bond donors (Lipinski definition) is 1. The van der Waals surface area contributed by atoms with Gasteiger partial charge in [0.05, 0.1) is 21.5 Å². The van der Waals surface area contributed by atoms with Crippen molar-refractivity contribution in [2.24, 2.45) is 0 Å². The van der Waals surface area contributed by atoms with Crippen LogP contribution < -0.4 is 0 Å². The molecule has 0 spiro atoms. The molecule has 5 heteroatoms. The van der Waals surface area contributed by atoms with Gasteiger partial charge in [-0.1, -0.05) is 24.3 Å². The Labute approximate surface area is 102 Å². The molecule has 0 atom stereocenters. The Kier molecular flexibility index (Phi) is 2.30. The van der Waals surface area contributed by atoms with Crippen molar-refractivity contribution in [2.45, 2.75) is 0 Å². The van der Waals surface area contributed by atoms with E-state index < -0.39 is 4.92 Å². The molecule has 0 bridgehead atoms. The van der Waals surface area contributed by atoms with Crippen molar-refractivity contribution in [1.82, 2.24) is 9.97 Å². The summed E-state index contributed by atoms with van der Waals surface area (Å²) in [5.74, 6) is 0.517. The highest BCUT2D eigenvalue weighted by Crippen LogP contribution is 2.28. The van der Waals surface area contributed by atoms with Crippen molar-refractivity contribution in [1.29, 1.82) is 0 Å². The average Bonchev–Trinajstić information content (AvgIpc) is 2.82. The number of nitro groups is 1. The Bertz CT molecular complexity index is 701. The van der Waals surface area contributed by atoms with Crippen LogP contribution in [0.2, 0.25) is 0 Å². The zero-order valence-electron chi connectivity index (χ0n) is 9.33. The molecule has 0 aliphatic carbocycles. The van der Waals surface area contributed by atoms with Crippen molar-refractivity contribution in [3.05, 3.63) is 58.6 Å². The molecule has 1 N–H and O–H groups in total. The van der Waals surface area contributed by atoms with E-state index in [1.807, 2.05) is 24.3 Å². The van der Waals surface area contributed by atoms with E-state index in [-0.39, 0.29) is 5.69 Å². The predicted octanol–water partition coefficient (Wildman–Crippen LogP) is 3.14. The van der Waals surface area contributed by atoms with E-state index in [2.05, 4.69) is 9.97 Å². The summed E-state index contributed by atoms with van der Waals surface area (Å²) in [6.45, 7) is 0. The molecule has 3 aromatic rings. The van der Waals surface area contributed by atoms with Crippen LogP contribution in [0, 0.1) is 10.1 Å². The van der Waals surface area contributed by atoms with Gasteiger partial charge in [0.1, 0.15) is 5.82 Å². The van der Waals surface area contributed by atoms with Gasteiger partial charge in [-0.3, -0.25) is 10.1 Å². The summed E-state index contributed by atoms with van der Waals surface area (Å²) in [4.78, 5) is 18.0. The summed E-state index contributed by atoms with van der Waals surface area (Å²) < 4.78 is 0. The number of fused-ring (bicyclic) bond motifs is 1. The smallest absolute Gasteiger partial charge is 0.280 e. The molecule has 1 heterocycles. The molecule has 0 unspecified atom stereocenters. The monoisotopic (exact) mass is 239 g/mol. The van der Waals surface area contributed by atoms with Gasteiger partial charge in [0, 0.05) is 6.07 Å². The van der Waals surface area contributed by atoms with Gasteiger partial charge in [-0.25, -0.2) is 4.98 Å². The van der Waals surface area contributed by atoms with E-state index in [4.69, 9.17) is 0 Å². The molecule has 0 saturated carbocycles. The van der Waals surface area contributed by atoms with Crippen LogP contribution in [0.4, 0.5) is 5.69 Å². The summed E-state index contributed by atoms with van der Waals surface area (Å²) in [7, 11) is 0. The lowest BCUT2D eigenvalue weighted by Gasteiger charge is -1.98. The van der Waals surface area contributed by atoms with Crippen molar-refractivity contribution in [3.63, 3.8) is 0 Å². The number of rotatable bonds is 2. The maximum atomic E-state index is 11.0. The van der Waals surface area contributed by atoms with Crippen LogP contribution in [-0.4, -0.2) is 14.9 Å². The highest BCUT2D eigenvalue weighted by atomic mass is 16.6. The number of H-pyrrole nitrogens is 1. The van der Waals surface area contributed by atoms with Gasteiger partial charge < -0.3 is 4.98 Å². The van der Waals surface area contributed by atoms with Crippen LogP contribution in [0.5, 0.6) is 0 Å². The Hall–Kier alpha value is -2.69. The van der Waals surface area contributed by atoms with Crippen LogP contribution in [-0.2, 0) is 0 Å². The molecular formula is C13H9N3O2. The molecule has 1 aromatic heterocycles. The molecule has 0 amide bonds. The average molecular weight is 239 g/mol. The highest BCUT2D eigenvalue weighted by molar-refractivity contribution is 5.81. The van der Waals surface area contributed by atoms with Crippen LogP contribution >= 0.6 is 0 Å². The number of aromatic nitrogens is 2. The van der Waals surface area contributed by atoms with Gasteiger partial charge in [0.15, 0.2) is 0 Å². The second-order valence-corrected chi connectivity index (χ2v) is 3.88. The fourth-order valence-corrected chi connectivity index (χ4v) is 1.91. The summed E-state index contributed by atoms with van der Waals surface area (Å²) in [6.07, 6.45) is 0. The first kappa shape index (κ1) is 10.5. The Morgan fingerprint density at radius 3 is 2.56 bits per heavy atom. The van der Waals surface area contributed by atoms with Crippen molar-refractivity contribution >= 4 is 16.7 Å². The van der Waals surface area contributed by atoms with E-state index in [0.717, 1.165) is 11.0 Å². The summed E-state index contributed by atoms with van der Waals surface area (Å²) in [5, 5.41) is 11.0. The zero-order chi connectivity index (χ0) is 12.5. The molecule has 18 heavy (non-hydrogen) atoms. The lowest BCUT2D eigenvalue weighted by molar-refractivity contribution is -0.384. The van der Waals surface area contributed by atoms with E-state index >= 15 is 0 Å². The van der Waals surface area contributed by atoms with Gasteiger partial charge in [-0.05, 0) is 18.2 Å². The molecule has 2 aromatic carbocycles. The first-order valence-electron chi connectivity index (χ1n) is 5.44. The minimum absolute atomic E-state index is 0.0524. The molecule has 3 rings (SSSR count). The number of para-hydroxylation sites is 3. The predicted molar refractivity (Wildman–Crippen MR) is 68.2 cm³/mol. The van der Waals surface area contributed by atoms with E-state index in [1.54, 1.807) is 18.2 Å². The first-order valence-corrected chi connectivity index (χ1v) is 5.44. The summed E-state index contributed by atoms with van der Waals surface area (Å²) in [5.41, 5.74) is 2.21. The molecule has 0 fully saturated rings. The molecule has 0 aliphatic heterocycles. The van der Waals surface area contributed by atoms with E-state index in [0.29, 0.717) is 11.4 Å². The van der Waals surface area contributed by atoms with Crippen LogP contribution in [0.25, 0.3) is 22.4 Å². The Morgan fingerprint density at radius 2 is 1.78 bits per heavy atom. The van der Waals surface area contributed by atoms with Gasteiger partial charge in [0.2, 0.25) is 0 Å². The molecular weight excluding hydrogens is 230 g/mol. The van der Waals surface area contributed by atoms with Crippen molar-refractivity contribution in [2.75, 3.05) is 0 Å². The molecule has 88 valence electrons. The van der Waals surface area contributed by atoms with Crippen LogP contribution in [0.15, 0.2) is 48.5 Å². The fraction of sp³-hybridized carbons (Fsp3) is 0. The number of benzene rings is 2. The maximum Gasteiger partial charge on any atom is 0.280 e. The minimum Gasteiger partial charge on any atom is -0.338 e. The molecule has 0 radical (unpaired) electrons. The molecule has 0 aliphatic rings. The normalized spacial score (nSPS) is 10.7. The second-order valence-electron chi connectivity index (χ2n) is 3.88. The first-order chi connectivity index (χ1) is 8.75. The van der Waals surface area contributed by atoms with Crippen LogP contribution in [0.1, 0.15) is 0 Å². The van der Waals surface area contributed by atoms with Gasteiger partial charge in [-0.15, -0.1) is 0 Å². The molecule has 0 saturated heterocycles. The topological polar surface area (TPSA) is 71.8 Å². The van der Waals surface area contributed by atoms with Gasteiger partial charge in [0.25, 0.3) is 5.69 Å². The third-order valence-electron chi connectivity index (χ3n) is 2.75. The number of nitro benzene ring substituents is 1. The SMILES string of the molecule is O=[N+]([O-])c1ccccc1-c1nc2ccccc2[nH]1. The number of imidazole rings is 1. The number of nitrogens with zero attached hydrogens (tertiary/aromatic N) is 2. The van der Waals surface area contributed by atoms with Crippen LogP contribution in [0.3, 0.4) is 0 Å². The Morgan fingerprint density at radius 1 is 1.06 bits per heavy atom. The van der Waals surface area contributed by atoms with E-state index in [9.17, 15) is 10.1 Å². The van der Waals surface area contributed by atoms with Gasteiger partial charge >= 0.3 is 0 Å². The standard InChI is InChI=1S/C13H9N3O2/c17-16(18)12-8-4-1-5-9(12)13-14-10-6-2-3-7-11(10)15-13/h1-8H,(H,14,15). The van der Waals surface area contributed by atoms with E-state index in [1.165, 1.54) is 6.07 Å². The zero-order valence-corrected chi connectivity index (χ0v) is 9.33. The molecule has 5 nitrogen and oxygen atoms in total. The fourth-order valence-electron chi connectivity index (χ4n) is 1.91. The van der Waals surface area contributed by atoms with Crippen molar-refractivity contribution in [3.8, 4) is 11.4 Å².